The standard InChI is InChI=1S/C16H20/c1-13(2)16(3,15-11-7-8-12-15)14-9-5-4-6-10-14/h4-7,9-13H,8H2,1-3H3. The molecule has 0 heteroatoms. The Morgan fingerprint density at radius 1 is 1.12 bits per heavy atom. The fourth-order valence-corrected chi connectivity index (χ4v) is 2.46. The molecule has 0 fully saturated rings. The summed E-state index contributed by atoms with van der Waals surface area (Å²) in [5.74, 6) is 0.601. The Labute approximate surface area is 98.7 Å². The normalized spacial score (nSPS) is 18.6. The van der Waals surface area contributed by atoms with Gasteiger partial charge in [-0.05, 0) is 23.5 Å². The lowest BCUT2D eigenvalue weighted by Crippen LogP contribution is -2.30. The van der Waals surface area contributed by atoms with Gasteiger partial charge in [0.2, 0.25) is 0 Å². The van der Waals surface area contributed by atoms with Crippen molar-refractivity contribution in [3.63, 3.8) is 0 Å². The second kappa shape index (κ2) is 4.29. The van der Waals surface area contributed by atoms with Crippen molar-refractivity contribution in [3.8, 4) is 0 Å². The molecule has 0 spiro atoms. The van der Waals surface area contributed by atoms with Gasteiger partial charge in [-0.2, -0.15) is 0 Å². The van der Waals surface area contributed by atoms with E-state index in [-0.39, 0.29) is 5.41 Å². The minimum Gasteiger partial charge on any atom is -0.0804 e. The Kier molecular flexibility index (Phi) is 3.00. The van der Waals surface area contributed by atoms with E-state index in [2.05, 4.69) is 69.3 Å². The van der Waals surface area contributed by atoms with Crippen molar-refractivity contribution in [2.45, 2.75) is 32.6 Å². The molecule has 16 heavy (non-hydrogen) atoms. The summed E-state index contributed by atoms with van der Waals surface area (Å²) in [6.07, 6.45) is 7.98. The smallest absolute Gasteiger partial charge is 0.0194 e. The maximum Gasteiger partial charge on any atom is 0.0194 e. The molecule has 0 aliphatic heterocycles. The van der Waals surface area contributed by atoms with Gasteiger partial charge in [-0.15, -0.1) is 0 Å². The van der Waals surface area contributed by atoms with Crippen LogP contribution in [-0.2, 0) is 5.41 Å². The molecule has 1 aliphatic rings. The van der Waals surface area contributed by atoms with Gasteiger partial charge in [0.15, 0.2) is 0 Å². The van der Waals surface area contributed by atoms with Gasteiger partial charge in [0, 0.05) is 5.41 Å². The van der Waals surface area contributed by atoms with Gasteiger partial charge in [0.05, 0.1) is 0 Å². The zero-order valence-corrected chi connectivity index (χ0v) is 10.4. The van der Waals surface area contributed by atoms with Crippen LogP contribution < -0.4 is 0 Å². The molecule has 1 aliphatic carbocycles. The molecule has 84 valence electrons. The van der Waals surface area contributed by atoms with Crippen LogP contribution in [0.3, 0.4) is 0 Å². The summed E-state index contributed by atoms with van der Waals surface area (Å²) in [4.78, 5) is 0. The monoisotopic (exact) mass is 212 g/mol. The summed E-state index contributed by atoms with van der Waals surface area (Å²) >= 11 is 0. The van der Waals surface area contributed by atoms with E-state index in [4.69, 9.17) is 0 Å². The largest absolute Gasteiger partial charge is 0.0804 e. The molecule has 0 bridgehead atoms. The molecule has 1 aromatic carbocycles. The lowest BCUT2D eigenvalue weighted by atomic mass is 9.68. The summed E-state index contributed by atoms with van der Waals surface area (Å²) in [5, 5.41) is 0. The Morgan fingerprint density at radius 3 is 2.31 bits per heavy atom. The highest BCUT2D eigenvalue weighted by Crippen LogP contribution is 2.41. The lowest BCUT2D eigenvalue weighted by Gasteiger charge is -2.35. The first-order valence-electron chi connectivity index (χ1n) is 6.08. The van der Waals surface area contributed by atoms with Crippen molar-refractivity contribution in [2.75, 3.05) is 0 Å². The summed E-state index contributed by atoms with van der Waals surface area (Å²) in [6, 6.07) is 10.8. The van der Waals surface area contributed by atoms with E-state index in [0.717, 1.165) is 6.42 Å². The van der Waals surface area contributed by atoms with Crippen molar-refractivity contribution in [1.82, 2.24) is 0 Å². The van der Waals surface area contributed by atoms with Crippen LogP contribution in [0.2, 0.25) is 0 Å². The SMILES string of the molecule is CC(C)C(C)(C1=CCC=C1)c1ccccc1. The maximum atomic E-state index is 2.36. The summed E-state index contributed by atoms with van der Waals surface area (Å²) < 4.78 is 0. The molecule has 0 saturated carbocycles. The Hall–Kier alpha value is -1.30. The topological polar surface area (TPSA) is 0 Å². The minimum atomic E-state index is 0.147. The van der Waals surface area contributed by atoms with E-state index < -0.39 is 0 Å². The second-order valence-electron chi connectivity index (χ2n) is 5.02. The minimum absolute atomic E-state index is 0.147. The first-order valence-corrected chi connectivity index (χ1v) is 6.08. The van der Waals surface area contributed by atoms with Crippen LogP contribution >= 0.6 is 0 Å². The molecule has 1 atom stereocenters. The molecule has 0 saturated heterocycles. The van der Waals surface area contributed by atoms with Crippen molar-refractivity contribution in [2.24, 2.45) is 5.92 Å². The van der Waals surface area contributed by atoms with Gasteiger partial charge >= 0.3 is 0 Å². The Bertz CT molecular complexity index is 409. The van der Waals surface area contributed by atoms with Crippen LogP contribution in [-0.4, -0.2) is 0 Å². The van der Waals surface area contributed by atoms with Crippen molar-refractivity contribution in [1.29, 1.82) is 0 Å². The fourth-order valence-electron chi connectivity index (χ4n) is 2.46. The van der Waals surface area contributed by atoms with E-state index in [0.29, 0.717) is 5.92 Å². The van der Waals surface area contributed by atoms with Gasteiger partial charge < -0.3 is 0 Å². The molecular formula is C16H20. The van der Waals surface area contributed by atoms with E-state index >= 15 is 0 Å². The average molecular weight is 212 g/mol. The highest BCUT2D eigenvalue weighted by molar-refractivity contribution is 5.44. The molecule has 0 aromatic heterocycles. The van der Waals surface area contributed by atoms with Crippen LogP contribution in [0.15, 0.2) is 54.1 Å². The van der Waals surface area contributed by atoms with Crippen molar-refractivity contribution in [3.05, 3.63) is 59.7 Å². The predicted octanol–water partition coefficient (Wildman–Crippen LogP) is 4.49. The van der Waals surface area contributed by atoms with Crippen molar-refractivity contribution >= 4 is 0 Å². The fraction of sp³-hybridized carbons (Fsp3) is 0.375. The number of rotatable bonds is 3. The number of allylic oxidation sites excluding steroid dienone is 4. The van der Waals surface area contributed by atoms with Gasteiger partial charge in [-0.1, -0.05) is 69.3 Å². The highest BCUT2D eigenvalue weighted by Gasteiger charge is 2.33. The Morgan fingerprint density at radius 2 is 1.81 bits per heavy atom. The molecule has 2 rings (SSSR count). The first kappa shape index (κ1) is 11.2. The molecule has 0 N–H and O–H groups in total. The summed E-state index contributed by atoms with van der Waals surface area (Å²) in [5.41, 5.74) is 3.03. The second-order valence-corrected chi connectivity index (χ2v) is 5.02. The van der Waals surface area contributed by atoms with Crippen LogP contribution in [0.5, 0.6) is 0 Å². The van der Waals surface area contributed by atoms with E-state index in [1.807, 2.05) is 0 Å². The van der Waals surface area contributed by atoms with E-state index in [1.54, 1.807) is 0 Å². The zero-order valence-electron chi connectivity index (χ0n) is 10.4. The van der Waals surface area contributed by atoms with Gasteiger partial charge in [-0.3, -0.25) is 0 Å². The number of benzene rings is 1. The number of hydrogen-bond acceptors (Lipinski definition) is 0. The number of hydrogen-bond donors (Lipinski definition) is 0. The van der Waals surface area contributed by atoms with Crippen LogP contribution in [0, 0.1) is 5.92 Å². The molecular weight excluding hydrogens is 192 g/mol. The van der Waals surface area contributed by atoms with Gasteiger partial charge in [-0.25, -0.2) is 0 Å². The molecule has 0 radical (unpaired) electrons. The average Bonchev–Trinajstić information content (AvgIpc) is 2.82. The van der Waals surface area contributed by atoms with Gasteiger partial charge in [0.25, 0.3) is 0 Å². The van der Waals surface area contributed by atoms with Crippen LogP contribution in [0.25, 0.3) is 0 Å². The lowest BCUT2D eigenvalue weighted by molar-refractivity contribution is 0.404. The molecule has 0 amide bonds. The molecule has 1 aromatic rings. The first-order chi connectivity index (χ1) is 7.65. The zero-order chi connectivity index (χ0) is 11.6. The van der Waals surface area contributed by atoms with E-state index in [1.165, 1.54) is 11.1 Å². The highest BCUT2D eigenvalue weighted by atomic mass is 14.4. The summed E-state index contributed by atoms with van der Waals surface area (Å²) in [7, 11) is 0. The molecule has 1 unspecified atom stereocenters. The third-order valence-corrected chi connectivity index (χ3v) is 3.90. The summed E-state index contributed by atoms with van der Waals surface area (Å²) in [6.45, 7) is 6.97. The van der Waals surface area contributed by atoms with Crippen molar-refractivity contribution < 1.29 is 0 Å². The third kappa shape index (κ3) is 1.73. The molecule has 0 heterocycles. The quantitative estimate of drug-likeness (QED) is 0.692. The van der Waals surface area contributed by atoms with E-state index in [9.17, 15) is 0 Å². The molecule has 0 nitrogen and oxygen atoms in total. The van der Waals surface area contributed by atoms with Crippen LogP contribution in [0.1, 0.15) is 32.8 Å². The van der Waals surface area contributed by atoms with Crippen LogP contribution in [0.4, 0.5) is 0 Å². The maximum absolute atomic E-state index is 2.36. The third-order valence-electron chi connectivity index (χ3n) is 3.90. The predicted molar refractivity (Wildman–Crippen MR) is 70.5 cm³/mol. The van der Waals surface area contributed by atoms with Gasteiger partial charge in [0.1, 0.15) is 0 Å². The Balaban J connectivity index is 2.48.